The normalized spacial score (nSPS) is 16.7. The molecule has 0 fully saturated rings. The number of fused-ring (bicyclic) bond motifs is 1. The van der Waals surface area contributed by atoms with E-state index in [1.807, 2.05) is 10.7 Å². The molecule has 0 saturated carbocycles. The molecule has 3 N–H and O–H groups in total. The molecule has 0 radical (unpaired) electrons. The van der Waals surface area contributed by atoms with Crippen LogP contribution in [-0.2, 0) is 6.54 Å². The fourth-order valence-electron chi connectivity index (χ4n) is 2.83. The first-order chi connectivity index (χ1) is 11.6. The standard InChI is InChI=1S/C16H18BrClN4O2/c17-10-3-1-4-12(15(10)18)20-16(24)13-9-14-11(19-6-8-23)5-2-7-22(14)21-13/h1,3-4,9,11,19,23H,2,5-8H2,(H,20,24). The number of carbonyl (C=O) groups is 1. The topological polar surface area (TPSA) is 79.2 Å². The number of hydrogen-bond donors (Lipinski definition) is 3. The maximum absolute atomic E-state index is 12.5. The summed E-state index contributed by atoms with van der Waals surface area (Å²) >= 11 is 9.52. The Balaban J connectivity index is 1.79. The molecule has 0 bridgehead atoms. The van der Waals surface area contributed by atoms with Crippen molar-refractivity contribution in [1.29, 1.82) is 0 Å². The van der Waals surface area contributed by atoms with Crippen molar-refractivity contribution in [1.82, 2.24) is 15.1 Å². The van der Waals surface area contributed by atoms with Gasteiger partial charge in [-0.15, -0.1) is 0 Å². The van der Waals surface area contributed by atoms with Crippen molar-refractivity contribution in [2.75, 3.05) is 18.5 Å². The average molecular weight is 414 g/mol. The van der Waals surface area contributed by atoms with E-state index in [4.69, 9.17) is 16.7 Å². The van der Waals surface area contributed by atoms with E-state index in [1.54, 1.807) is 18.2 Å². The average Bonchev–Trinajstić information content (AvgIpc) is 3.02. The predicted molar refractivity (Wildman–Crippen MR) is 96.4 cm³/mol. The first-order valence-corrected chi connectivity index (χ1v) is 8.94. The maximum atomic E-state index is 12.5. The summed E-state index contributed by atoms with van der Waals surface area (Å²) in [7, 11) is 0. The van der Waals surface area contributed by atoms with Crippen LogP contribution in [-0.4, -0.2) is 33.9 Å². The highest BCUT2D eigenvalue weighted by Gasteiger charge is 2.24. The zero-order chi connectivity index (χ0) is 17.1. The molecule has 8 heteroatoms. The molecule has 1 atom stereocenters. The van der Waals surface area contributed by atoms with Gasteiger partial charge in [0.2, 0.25) is 0 Å². The minimum Gasteiger partial charge on any atom is -0.395 e. The summed E-state index contributed by atoms with van der Waals surface area (Å²) in [4.78, 5) is 12.5. The molecule has 6 nitrogen and oxygen atoms in total. The highest BCUT2D eigenvalue weighted by Crippen LogP contribution is 2.30. The summed E-state index contributed by atoms with van der Waals surface area (Å²) < 4.78 is 2.58. The fraction of sp³-hybridized carbons (Fsp3) is 0.375. The lowest BCUT2D eigenvalue weighted by Crippen LogP contribution is -2.29. The fourth-order valence-corrected chi connectivity index (χ4v) is 3.37. The molecule has 1 aromatic carbocycles. The van der Waals surface area contributed by atoms with Gasteiger partial charge in [0.25, 0.3) is 5.91 Å². The molecule has 1 amide bonds. The van der Waals surface area contributed by atoms with Crippen molar-refractivity contribution in [3.05, 3.63) is 45.1 Å². The quantitative estimate of drug-likeness (QED) is 0.704. The summed E-state index contributed by atoms with van der Waals surface area (Å²) in [5.74, 6) is -0.294. The number of amides is 1. The lowest BCUT2D eigenvalue weighted by Gasteiger charge is -2.24. The molecular weight excluding hydrogens is 396 g/mol. The van der Waals surface area contributed by atoms with Crippen molar-refractivity contribution in [3.63, 3.8) is 0 Å². The van der Waals surface area contributed by atoms with Crippen LogP contribution < -0.4 is 10.6 Å². The number of aliphatic hydroxyl groups is 1. The second kappa shape index (κ2) is 7.65. The SMILES string of the molecule is O=C(Nc1cccc(Br)c1Cl)c1cc2n(n1)CCCC2NCCO. The van der Waals surface area contributed by atoms with Crippen LogP contribution in [0.2, 0.25) is 5.02 Å². The summed E-state index contributed by atoms with van der Waals surface area (Å²) in [6, 6.07) is 7.26. The Hall–Kier alpha value is -1.41. The van der Waals surface area contributed by atoms with Crippen LogP contribution in [0.3, 0.4) is 0 Å². The molecule has 2 heterocycles. The number of nitrogens with zero attached hydrogens (tertiary/aromatic N) is 2. The number of carbonyl (C=O) groups excluding carboxylic acids is 1. The predicted octanol–water partition coefficient (Wildman–Crippen LogP) is 2.97. The van der Waals surface area contributed by atoms with Gasteiger partial charge in [0.05, 0.1) is 23.0 Å². The molecule has 1 aliphatic heterocycles. The van der Waals surface area contributed by atoms with Crippen LogP contribution in [0, 0.1) is 0 Å². The van der Waals surface area contributed by atoms with E-state index in [1.165, 1.54) is 0 Å². The van der Waals surface area contributed by atoms with Gasteiger partial charge in [-0.25, -0.2) is 0 Å². The molecule has 1 aromatic heterocycles. The van der Waals surface area contributed by atoms with E-state index in [2.05, 4.69) is 31.7 Å². The largest absolute Gasteiger partial charge is 0.395 e. The second-order valence-electron chi connectivity index (χ2n) is 5.61. The van der Waals surface area contributed by atoms with Crippen LogP contribution in [0.5, 0.6) is 0 Å². The Labute approximate surface area is 153 Å². The Bertz CT molecular complexity index is 750. The number of rotatable bonds is 5. The highest BCUT2D eigenvalue weighted by molar-refractivity contribution is 9.10. The summed E-state index contributed by atoms with van der Waals surface area (Å²) in [6.45, 7) is 1.39. The third-order valence-corrected chi connectivity index (χ3v) is 5.26. The molecule has 3 rings (SSSR count). The van der Waals surface area contributed by atoms with E-state index >= 15 is 0 Å². The molecule has 0 saturated heterocycles. The smallest absolute Gasteiger partial charge is 0.276 e. The molecule has 0 spiro atoms. The lowest BCUT2D eigenvalue weighted by atomic mass is 10.0. The second-order valence-corrected chi connectivity index (χ2v) is 6.84. The first kappa shape index (κ1) is 17.4. The van der Waals surface area contributed by atoms with Crippen molar-refractivity contribution in [2.24, 2.45) is 0 Å². The molecule has 2 aromatic rings. The lowest BCUT2D eigenvalue weighted by molar-refractivity contribution is 0.102. The number of aryl methyl sites for hydroxylation is 1. The van der Waals surface area contributed by atoms with Gasteiger partial charge in [-0.1, -0.05) is 17.7 Å². The number of hydrogen-bond acceptors (Lipinski definition) is 4. The third-order valence-electron chi connectivity index (χ3n) is 3.97. The minimum absolute atomic E-state index is 0.0827. The van der Waals surface area contributed by atoms with E-state index in [9.17, 15) is 4.79 Å². The third kappa shape index (κ3) is 3.64. The van der Waals surface area contributed by atoms with Crippen molar-refractivity contribution in [2.45, 2.75) is 25.4 Å². The molecule has 1 unspecified atom stereocenters. The van der Waals surface area contributed by atoms with E-state index in [0.717, 1.165) is 29.6 Å². The molecule has 128 valence electrons. The summed E-state index contributed by atoms with van der Waals surface area (Å²) in [5.41, 5.74) is 1.87. The van der Waals surface area contributed by atoms with Crippen LogP contribution in [0.25, 0.3) is 0 Å². The molecular formula is C16H18BrClN4O2. The zero-order valence-electron chi connectivity index (χ0n) is 12.9. The number of halogens is 2. The van der Waals surface area contributed by atoms with Gasteiger partial charge in [0.15, 0.2) is 5.69 Å². The first-order valence-electron chi connectivity index (χ1n) is 7.77. The number of benzene rings is 1. The van der Waals surface area contributed by atoms with Gasteiger partial charge in [-0.3, -0.25) is 9.48 Å². The van der Waals surface area contributed by atoms with Crippen LogP contribution in [0.15, 0.2) is 28.7 Å². The van der Waals surface area contributed by atoms with Gasteiger partial charge in [-0.05, 0) is 47.0 Å². The van der Waals surface area contributed by atoms with E-state index in [-0.39, 0.29) is 18.6 Å². The number of aromatic nitrogens is 2. The Kier molecular flexibility index (Phi) is 5.55. The van der Waals surface area contributed by atoms with Gasteiger partial charge < -0.3 is 15.7 Å². The Morgan fingerprint density at radius 2 is 2.33 bits per heavy atom. The van der Waals surface area contributed by atoms with Gasteiger partial charge in [0.1, 0.15) is 0 Å². The van der Waals surface area contributed by atoms with Gasteiger partial charge in [-0.2, -0.15) is 5.10 Å². The molecule has 24 heavy (non-hydrogen) atoms. The summed E-state index contributed by atoms with van der Waals surface area (Å²) in [6.07, 6.45) is 1.94. The van der Waals surface area contributed by atoms with Crippen molar-refractivity contribution < 1.29 is 9.90 Å². The van der Waals surface area contributed by atoms with E-state index in [0.29, 0.717) is 22.9 Å². The molecule has 0 aliphatic carbocycles. The van der Waals surface area contributed by atoms with Crippen LogP contribution in [0.4, 0.5) is 5.69 Å². The van der Waals surface area contributed by atoms with Crippen LogP contribution in [0.1, 0.15) is 35.1 Å². The Morgan fingerprint density at radius 3 is 3.12 bits per heavy atom. The van der Waals surface area contributed by atoms with Crippen LogP contribution >= 0.6 is 27.5 Å². The maximum Gasteiger partial charge on any atom is 0.276 e. The number of anilines is 1. The minimum atomic E-state index is -0.294. The Morgan fingerprint density at radius 1 is 1.50 bits per heavy atom. The highest BCUT2D eigenvalue weighted by atomic mass is 79.9. The number of nitrogens with one attached hydrogen (secondary N) is 2. The summed E-state index contributed by atoms with van der Waals surface area (Å²) in [5, 5.41) is 19.9. The van der Waals surface area contributed by atoms with Crippen molar-refractivity contribution in [3.8, 4) is 0 Å². The number of aliphatic hydroxyl groups excluding tert-OH is 1. The zero-order valence-corrected chi connectivity index (χ0v) is 15.3. The van der Waals surface area contributed by atoms with Crippen molar-refractivity contribution >= 4 is 39.1 Å². The van der Waals surface area contributed by atoms with Gasteiger partial charge >= 0.3 is 0 Å². The van der Waals surface area contributed by atoms with Gasteiger partial charge in [0, 0.05) is 23.6 Å². The monoisotopic (exact) mass is 412 g/mol. The molecule has 1 aliphatic rings. The van der Waals surface area contributed by atoms with E-state index < -0.39 is 0 Å².